The summed E-state index contributed by atoms with van der Waals surface area (Å²) in [6, 6.07) is 6.81. The number of hydrogen-bond donors (Lipinski definition) is 2. The van der Waals surface area contributed by atoms with Gasteiger partial charge < -0.3 is 9.84 Å². The van der Waals surface area contributed by atoms with Gasteiger partial charge in [-0.15, -0.1) is 0 Å². The van der Waals surface area contributed by atoms with Gasteiger partial charge in [0, 0.05) is 26.2 Å². The summed E-state index contributed by atoms with van der Waals surface area (Å²) < 4.78 is 34.2. The number of aliphatic hydroxyl groups is 1. The van der Waals surface area contributed by atoms with E-state index in [4.69, 9.17) is 4.74 Å². The zero-order chi connectivity index (χ0) is 20.5. The van der Waals surface area contributed by atoms with Crippen LogP contribution in [0.5, 0.6) is 5.75 Å². The van der Waals surface area contributed by atoms with Gasteiger partial charge in [0.1, 0.15) is 16.7 Å². The lowest BCUT2D eigenvalue weighted by Gasteiger charge is -2.30. The minimum atomic E-state index is -3.75. The lowest BCUT2D eigenvalue weighted by atomic mass is 9.92. The minimum Gasteiger partial charge on any atom is -0.486 e. The fraction of sp³-hybridized carbons (Fsp3) is 0.700. The molecule has 0 aliphatic carbocycles. The molecule has 7 nitrogen and oxygen atoms in total. The van der Waals surface area contributed by atoms with Crippen molar-refractivity contribution in [2.75, 3.05) is 39.8 Å². The quantitative estimate of drug-likeness (QED) is 0.760. The first kappa shape index (κ1) is 21.5. The van der Waals surface area contributed by atoms with Gasteiger partial charge in [0.05, 0.1) is 12.1 Å². The number of sulfonamides is 1. The molecule has 2 N–H and O–H groups in total. The van der Waals surface area contributed by atoms with Gasteiger partial charge in [0.25, 0.3) is 0 Å². The number of ether oxygens (including phenoxy) is 1. The minimum absolute atomic E-state index is 0.0217. The highest BCUT2D eigenvalue weighted by molar-refractivity contribution is 7.89. The maximum Gasteiger partial charge on any atom is 0.244 e. The van der Waals surface area contributed by atoms with Gasteiger partial charge >= 0.3 is 0 Å². The molecule has 0 spiro atoms. The highest BCUT2D eigenvalue weighted by Crippen LogP contribution is 2.29. The van der Waals surface area contributed by atoms with Crippen LogP contribution in [-0.2, 0) is 10.0 Å². The SMILES string of the molecule is CN1C[C@@H](O)CNS(=O)(=O)c2ccccc2O[C@H]2CN(CCC(C)(C)C)C[C@H]21. The molecule has 1 aromatic rings. The highest BCUT2D eigenvalue weighted by atomic mass is 32.2. The molecule has 0 bridgehead atoms. The van der Waals surface area contributed by atoms with Crippen molar-refractivity contribution in [3.63, 3.8) is 0 Å². The van der Waals surface area contributed by atoms with E-state index >= 15 is 0 Å². The molecular weight excluding hydrogens is 378 g/mol. The van der Waals surface area contributed by atoms with E-state index < -0.39 is 16.1 Å². The molecule has 3 atom stereocenters. The smallest absolute Gasteiger partial charge is 0.244 e. The highest BCUT2D eigenvalue weighted by Gasteiger charge is 2.39. The van der Waals surface area contributed by atoms with Crippen LogP contribution >= 0.6 is 0 Å². The van der Waals surface area contributed by atoms with E-state index in [2.05, 4.69) is 35.3 Å². The Morgan fingerprint density at radius 2 is 1.93 bits per heavy atom. The number of aliphatic hydroxyl groups excluding tert-OH is 1. The third kappa shape index (κ3) is 5.24. The van der Waals surface area contributed by atoms with Crippen LogP contribution < -0.4 is 9.46 Å². The van der Waals surface area contributed by atoms with Crippen molar-refractivity contribution in [2.24, 2.45) is 5.41 Å². The predicted octanol–water partition coefficient (Wildman–Crippen LogP) is 1.14. The third-order valence-electron chi connectivity index (χ3n) is 5.48. The first-order valence-electron chi connectivity index (χ1n) is 9.91. The van der Waals surface area contributed by atoms with Crippen molar-refractivity contribution in [3.05, 3.63) is 24.3 Å². The number of nitrogens with zero attached hydrogens (tertiary/aromatic N) is 2. The summed E-state index contributed by atoms with van der Waals surface area (Å²) >= 11 is 0. The monoisotopic (exact) mass is 411 g/mol. The standard InChI is InChI=1S/C20H33N3O4S/c1-20(2,3)9-10-23-13-16-18(14-23)27-17-7-5-6-8-19(17)28(25,26)21-11-15(24)12-22(16)4/h5-8,15-16,18,21,24H,9-14H2,1-4H3/t15-,16+,18-/m0/s1. The molecule has 1 saturated heterocycles. The van der Waals surface area contributed by atoms with Crippen molar-refractivity contribution >= 4 is 10.0 Å². The van der Waals surface area contributed by atoms with E-state index in [1.165, 1.54) is 0 Å². The van der Waals surface area contributed by atoms with Crippen LogP contribution in [0.3, 0.4) is 0 Å². The molecule has 158 valence electrons. The Morgan fingerprint density at radius 1 is 1.21 bits per heavy atom. The number of likely N-dealkylation sites (N-methyl/N-ethyl adjacent to an activating group) is 1. The van der Waals surface area contributed by atoms with Gasteiger partial charge in [-0.25, -0.2) is 13.1 Å². The Labute approximate surface area is 168 Å². The van der Waals surface area contributed by atoms with Gasteiger partial charge in [-0.05, 0) is 37.6 Å². The van der Waals surface area contributed by atoms with Crippen molar-refractivity contribution in [3.8, 4) is 5.75 Å². The van der Waals surface area contributed by atoms with Gasteiger partial charge in [-0.2, -0.15) is 0 Å². The average Bonchev–Trinajstić information content (AvgIpc) is 3.00. The van der Waals surface area contributed by atoms with Crippen molar-refractivity contribution in [2.45, 2.75) is 50.3 Å². The third-order valence-corrected chi connectivity index (χ3v) is 6.94. The lowest BCUT2D eigenvalue weighted by Crippen LogP contribution is -2.47. The van der Waals surface area contributed by atoms with E-state index in [9.17, 15) is 13.5 Å². The van der Waals surface area contributed by atoms with Gasteiger partial charge in [0.2, 0.25) is 10.0 Å². The van der Waals surface area contributed by atoms with Crippen LogP contribution in [0.15, 0.2) is 29.2 Å². The summed E-state index contributed by atoms with van der Waals surface area (Å²) in [5.74, 6) is 0.368. The Bertz CT molecular complexity index is 778. The maximum absolute atomic E-state index is 12.7. The van der Waals surface area contributed by atoms with E-state index in [1.807, 2.05) is 7.05 Å². The van der Waals surface area contributed by atoms with Gasteiger partial charge in [0.15, 0.2) is 0 Å². The van der Waals surface area contributed by atoms with Crippen molar-refractivity contribution in [1.82, 2.24) is 14.5 Å². The zero-order valence-corrected chi connectivity index (χ0v) is 18.1. The Balaban J connectivity index is 1.88. The van der Waals surface area contributed by atoms with Crippen LogP contribution in [0, 0.1) is 5.41 Å². The Morgan fingerprint density at radius 3 is 2.64 bits per heavy atom. The largest absolute Gasteiger partial charge is 0.486 e. The molecule has 2 heterocycles. The lowest BCUT2D eigenvalue weighted by molar-refractivity contribution is 0.0713. The average molecular weight is 412 g/mol. The van der Waals surface area contributed by atoms with E-state index in [0.29, 0.717) is 12.3 Å². The summed E-state index contributed by atoms with van der Waals surface area (Å²) in [5.41, 5.74) is 0.254. The molecule has 0 unspecified atom stereocenters. The number of β-amino-alcohol motifs (C(OH)–C–C–N with tert-alkyl or cyclic N) is 1. The second kappa shape index (κ2) is 8.28. The van der Waals surface area contributed by atoms with Gasteiger partial charge in [-0.1, -0.05) is 32.9 Å². The summed E-state index contributed by atoms with van der Waals surface area (Å²) in [6.45, 7) is 9.61. The number of likely N-dealkylation sites (tertiary alicyclic amines) is 1. The molecule has 3 rings (SSSR count). The molecule has 0 saturated carbocycles. The summed E-state index contributed by atoms with van der Waals surface area (Å²) in [5, 5.41) is 10.3. The topological polar surface area (TPSA) is 82.1 Å². The molecule has 1 fully saturated rings. The second-order valence-electron chi connectivity index (χ2n) is 9.19. The van der Waals surface area contributed by atoms with E-state index in [0.717, 1.165) is 26.1 Å². The summed E-state index contributed by atoms with van der Waals surface area (Å²) in [7, 11) is -1.78. The molecule has 2 aliphatic heterocycles. The number of benzene rings is 1. The fourth-order valence-electron chi connectivity index (χ4n) is 3.80. The number of hydrogen-bond acceptors (Lipinski definition) is 6. The number of fused-ring (bicyclic) bond motifs is 2. The maximum atomic E-state index is 12.7. The molecular formula is C20H33N3O4S. The number of rotatable bonds is 2. The first-order chi connectivity index (χ1) is 13.0. The molecule has 0 aromatic heterocycles. The van der Waals surface area contributed by atoms with Crippen LogP contribution in [0.2, 0.25) is 0 Å². The second-order valence-corrected chi connectivity index (χ2v) is 10.9. The first-order valence-corrected chi connectivity index (χ1v) is 11.4. The predicted molar refractivity (Wildman–Crippen MR) is 109 cm³/mol. The van der Waals surface area contributed by atoms with Crippen LogP contribution in [0.4, 0.5) is 0 Å². The Kier molecular flexibility index (Phi) is 6.36. The molecule has 1 aromatic carbocycles. The molecule has 28 heavy (non-hydrogen) atoms. The number of para-hydroxylation sites is 1. The summed E-state index contributed by atoms with van der Waals surface area (Å²) in [4.78, 5) is 4.60. The molecule has 0 radical (unpaired) electrons. The van der Waals surface area contributed by atoms with E-state index in [-0.39, 0.29) is 29.0 Å². The zero-order valence-electron chi connectivity index (χ0n) is 17.3. The van der Waals surface area contributed by atoms with Crippen LogP contribution in [-0.4, -0.2) is 81.3 Å². The van der Waals surface area contributed by atoms with Gasteiger partial charge in [-0.3, -0.25) is 9.80 Å². The molecule has 8 heteroatoms. The fourth-order valence-corrected chi connectivity index (χ4v) is 5.00. The van der Waals surface area contributed by atoms with Crippen molar-refractivity contribution in [1.29, 1.82) is 0 Å². The van der Waals surface area contributed by atoms with Crippen LogP contribution in [0.1, 0.15) is 27.2 Å². The van der Waals surface area contributed by atoms with Crippen LogP contribution in [0.25, 0.3) is 0 Å². The normalized spacial score (nSPS) is 29.4. The van der Waals surface area contributed by atoms with E-state index in [1.54, 1.807) is 24.3 Å². The van der Waals surface area contributed by atoms with Crippen molar-refractivity contribution < 1.29 is 18.3 Å². The Hall–Kier alpha value is -1.19. The summed E-state index contributed by atoms with van der Waals surface area (Å²) in [6.07, 6.45) is 0.133. The number of nitrogens with one attached hydrogen (secondary N) is 1. The molecule has 2 aliphatic rings. The molecule has 0 amide bonds.